The Hall–Kier alpha value is -0.590. The van der Waals surface area contributed by atoms with Crippen LogP contribution in [0.2, 0.25) is 0 Å². The number of rotatable bonds is 0. The summed E-state index contributed by atoms with van der Waals surface area (Å²) in [6.45, 7) is 2.27. The van der Waals surface area contributed by atoms with Crippen LogP contribution in [0.25, 0.3) is 0 Å². The fourth-order valence-electron chi connectivity index (χ4n) is 2.65. The molecule has 18 heavy (non-hydrogen) atoms. The first-order chi connectivity index (χ1) is 8.79. The van der Waals surface area contributed by atoms with Crippen molar-refractivity contribution in [2.24, 2.45) is 0 Å². The highest BCUT2D eigenvalue weighted by molar-refractivity contribution is 5.78. The second-order valence-electron chi connectivity index (χ2n) is 5.81. The molecule has 0 aromatic carbocycles. The number of allylic oxidation sites excluding steroid dienone is 2. The smallest absolute Gasteiger partial charge is 0.132 e. The largest absolute Gasteiger partial charge is 0.300 e. The summed E-state index contributed by atoms with van der Waals surface area (Å²) in [6.07, 6.45) is 17.9. The lowest BCUT2D eigenvalue weighted by Crippen LogP contribution is -1.97. The van der Waals surface area contributed by atoms with Crippen molar-refractivity contribution in [2.45, 2.75) is 90.4 Å². The van der Waals surface area contributed by atoms with Crippen molar-refractivity contribution < 1.29 is 4.79 Å². The maximum Gasteiger partial charge on any atom is 0.132 e. The molecule has 0 atom stereocenters. The molecule has 0 unspecified atom stereocenters. The van der Waals surface area contributed by atoms with Crippen molar-refractivity contribution in [2.75, 3.05) is 0 Å². The average Bonchev–Trinajstić information content (AvgIpc) is 2.35. The minimum absolute atomic E-state index is 0.494. The number of carbonyl (C=O) groups is 1. The van der Waals surface area contributed by atoms with E-state index in [4.69, 9.17) is 0 Å². The highest BCUT2D eigenvalue weighted by atomic mass is 16.1. The highest BCUT2D eigenvalue weighted by Gasteiger charge is 2.02. The maximum atomic E-state index is 11.6. The quantitative estimate of drug-likeness (QED) is 0.512. The summed E-state index contributed by atoms with van der Waals surface area (Å²) in [5.74, 6) is 0.494. The highest BCUT2D eigenvalue weighted by Crippen LogP contribution is 2.15. The van der Waals surface area contributed by atoms with Gasteiger partial charge in [-0.25, -0.2) is 0 Å². The van der Waals surface area contributed by atoms with Crippen molar-refractivity contribution in [3.8, 4) is 0 Å². The molecule has 1 aliphatic carbocycles. The maximum absolute atomic E-state index is 11.6. The first kappa shape index (κ1) is 15.5. The molecule has 1 heteroatoms. The summed E-state index contributed by atoms with van der Waals surface area (Å²) in [5, 5.41) is 0. The predicted molar refractivity (Wildman–Crippen MR) is 78.8 cm³/mol. The Morgan fingerprint density at radius 3 is 1.89 bits per heavy atom. The Bertz CT molecular complexity index is 252. The van der Waals surface area contributed by atoms with Crippen LogP contribution in [0.3, 0.4) is 0 Å². The molecule has 0 bridgehead atoms. The van der Waals surface area contributed by atoms with Gasteiger partial charge >= 0.3 is 0 Å². The van der Waals surface area contributed by atoms with E-state index in [1.165, 1.54) is 57.8 Å². The van der Waals surface area contributed by atoms with Crippen LogP contribution in [0.1, 0.15) is 90.4 Å². The Morgan fingerprint density at radius 2 is 1.22 bits per heavy atom. The van der Waals surface area contributed by atoms with Gasteiger partial charge < -0.3 is 0 Å². The van der Waals surface area contributed by atoms with Crippen LogP contribution in [0.15, 0.2) is 11.6 Å². The normalized spacial score (nSPS) is 25.4. The van der Waals surface area contributed by atoms with Gasteiger partial charge in [0.25, 0.3) is 0 Å². The van der Waals surface area contributed by atoms with Gasteiger partial charge in [-0.1, -0.05) is 43.8 Å². The van der Waals surface area contributed by atoms with Crippen LogP contribution in [0.5, 0.6) is 0 Å². The van der Waals surface area contributed by atoms with E-state index in [1.54, 1.807) is 5.57 Å². The zero-order valence-corrected chi connectivity index (χ0v) is 12.2. The topological polar surface area (TPSA) is 17.1 Å². The van der Waals surface area contributed by atoms with E-state index in [9.17, 15) is 4.79 Å². The van der Waals surface area contributed by atoms with Crippen LogP contribution in [-0.4, -0.2) is 5.78 Å². The molecule has 0 saturated heterocycles. The molecule has 0 amide bonds. The van der Waals surface area contributed by atoms with Gasteiger partial charge in [-0.3, -0.25) is 4.79 Å². The van der Waals surface area contributed by atoms with E-state index in [0.717, 1.165) is 25.7 Å². The molecule has 0 aromatic heterocycles. The number of ketones is 1. The zero-order chi connectivity index (χ0) is 13.1. The second kappa shape index (κ2) is 10.3. The van der Waals surface area contributed by atoms with Gasteiger partial charge in [0.1, 0.15) is 5.78 Å². The van der Waals surface area contributed by atoms with Crippen molar-refractivity contribution in [3.63, 3.8) is 0 Å². The van der Waals surface area contributed by atoms with Gasteiger partial charge in [0.05, 0.1) is 0 Å². The van der Waals surface area contributed by atoms with E-state index in [2.05, 4.69) is 13.0 Å². The lowest BCUT2D eigenvalue weighted by Gasteiger charge is -2.05. The summed E-state index contributed by atoms with van der Waals surface area (Å²) in [5.41, 5.74) is 1.57. The fourth-order valence-corrected chi connectivity index (χ4v) is 2.65. The Labute approximate surface area is 113 Å². The summed E-state index contributed by atoms with van der Waals surface area (Å²) in [4.78, 5) is 11.6. The Morgan fingerprint density at radius 1 is 0.722 bits per heavy atom. The summed E-state index contributed by atoms with van der Waals surface area (Å²) in [7, 11) is 0. The average molecular weight is 250 g/mol. The molecular formula is C17H30O. The first-order valence-corrected chi connectivity index (χ1v) is 7.96. The molecule has 1 aliphatic rings. The van der Waals surface area contributed by atoms with Crippen LogP contribution >= 0.6 is 0 Å². The van der Waals surface area contributed by atoms with E-state index in [1.807, 2.05) is 0 Å². The molecule has 0 saturated carbocycles. The van der Waals surface area contributed by atoms with Gasteiger partial charge in [0.15, 0.2) is 0 Å². The van der Waals surface area contributed by atoms with Gasteiger partial charge in [0.2, 0.25) is 0 Å². The summed E-state index contributed by atoms with van der Waals surface area (Å²) in [6, 6.07) is 0. The first-order valence-electron chi connectivity index (χ1n) is 7.96. The number of Topliss-reactive ketones (excluding diaryl/α,β-unsaturated/α-hetero) is 1. The van der Waals surface area contributed by atoms with Crippen LogP contribution < -0.4 is 0 Å². The Balaban J connectivity index is 2.27. The van der Waals surface area contributed by atoms with Crippen LogP contribution in [0.4, 0.5) is 0 Å². The predicted octanol–water partition coefficient (Wildman–Crippen LogP) is 5.59. The lowest BCUT2D eigenvalue weighted by molar-refractivity contribution is -0.119. The molecule has 0 heterocycles. The molecule has 0 fully saturated rings. The van der Waals surface area contributed by atoms with Crippen molar-refractivity contribution >= 4 is 5.78 Å². The lowest BCUT2D eigenvalue weighted by atomic mass is 10.0. The Kier molecular flexibility index (Phi) is 8.89. The molecule has 0 aromatic rings. The molecule has 0 radical (unpaired) electrons. The molecule has 104 valence electrons. The zero-order valence-electron chi connectivity index (χ0n) is 12.2. The van der Waals surface area contributed by atoms with Gasteiger partial charge in [-0.05, 0) is 45.4 Å². The number of hydrogen-bond acceptors (Lipinski definition) is 1. The fraction of sp³-hybridized carbons (Fsp3) is 0.824. The molecule has 1 rings (SSSR count). The third-order valence-corrected chi connectivity index (χ3v) is 3.93. The SMILES string of the molecule is C/C1=C\CCCCCC(=O)CCCCCCCC1. The summed E-state index contributed by atoms with van der Waals surface area (Å²) >= 11 is 0. The van der Waals surface area contributed by atoms with E-state index >= 15 is 0 Å². The minimum atomic E-state index is 0.494. The van der Waals surface area contributed by atoms with Crippen LogP contribution in [-0.2, 0) is 4.79 Å². The third kappa shape index (κ3) is 8.49. The molecule has 1 nitrogen and oxygen atoms in total. The molecule has 0 spiro atoms. The number of carbonyl (C=O) groups excluding carboxylic acids is 1. The van der Waals surface area contributed by atoms with Crippen LogP contribution in [0, 0.1) is 0 Å². The van der Waals surface area contributed by atoms with E-state index < -0.39 is 0 Å². The molecular weight excluding hydrogens is 220 g/mol. The third-order valence-electron chi connectivity index (χ3n) is 3.93. The van der Waals surface area contributed by atoms with Gasteiger partial charge in [0, 0.05) is 12.8 Å². The summed E-state index contributed by atoms with van der Waals surface area (Å²) < 4.78 is 0. The molecule has 0 N–H and O–H groups in total. The van der Waals surface area contributed by atoms with E-state index in [-0.39, 0.29) is 0 Å². The van der Waals surface area contributed by atoms with Crippen molar-refractivity contribution in [3.05, 3.63) is 11.6 Å². The second-order valence-corrected chi connectivity index (χ2v) is 5.81. The molecule has 0 aliphatic heterocycles. The standard InChI is InChI=1S/C17H30O/c1-16-12-8-4-2-3-5-10-14-17(18)15-11-7-6-9-13-16/h13H,2-12,14-15H2,1H3/b16-13+. The van der Waals surface area contributed by atoms with Gasteiger partial charge in [-0.2, -0.15) is 0 Å². The van der Waals surface area contributed by atoms with Crippen molar-refractivity contribution in [1.82, 2.24) is 0 Å². The van der Waals surface area contributed by atoms with Crippen molar-refractivity contribution in [1.29, 1.82) is 0 Å². The van der Waals surface area contributed by atoms with Gasteiger partial charge in [-0.15, -0.1) is 0 Å². The minimum Gasteiger partial charge on any atom is -0.300 e. The monoisotopic (exact) mass is 250 g/mol. The van der Waals surface area contributed by atoms with E-state index in [0.29, 0.717) is 5.78 Å². The number of hydrogen-bond donors (Lipinski definition) is 0.